The Morgan fingerprint density at radius 2 is 1.84 bits per heavy atom. The molecule has 43 heavy (non-hydrogen) atoms. The van der Waals surface area contributed by atoms with Gasteiger partial charge in [-0.15, -0.1) is 0 Å². The van der Waals surface area contributed by atoms with E-state index in [4.69, 9.17) is 24.2 Å². The van der Waals surface area contributed by atoms with Crippen molar-refractivity contribution in [3.8, 4) is 5.88 Å². The molecule has 0 unspecified atom stereocenters. The van der Waals surface area contributed by atoms with Crippen molar-refractivity contribution in [1.29, 1.82) is 0 Å². The van der Waals surface area contributed by atoms with Gasteiger partial charge in [-0.05, 0) is 69.3 Å². The molecule has 2 aromatic carbocycles. The van der Waals surface area contributed by atoms with Crippen molar-refractivity contribution in [2.45, 2.75) is 51.5 Å². The molecule has 0 bridgehead atoms. The fourth-order valence-corrected chi connectivity index (χ4v) is 5.58. The predicted molar refractivity (Wildman–Crippen MR) is 157 cm³/mol. The number of ether oxygens (including phenoxy) is 3. The number of Topliss-reactive ketones (excluding diaryl/α,β-unsaturated/α-hetero) is 1. The number of imidazole rings is 1. The first-order valence-electron chi connectivity index (χ1n) is 14.4. The van der Waals surface area contributed by atoms with Gasteiger partial charge in [0.2, 0.25) is 5.88 Å². The third kappa shape index (κ3) is 6.29. The summed E-state index contributed by atoms with van der Waals surface area (Å²) in [5.41, 5.74) is 3.87. The number of hydrogen-bond donors (Lipinski definition) is 0. The minimum absolute atomic E-state index is 0.0272. The van der Waals surface area contributed by atoms with E-state index in [1.165, 1.54) is 20.1 Å². The van der Waals surface area contributed by atoms with E-state index in [1.54, 1.807) is 30.5 Å². The Morgan fingerprint density at radius 3 is 2.53 bits per heavy atom. The molecule has 2 aliphatic rings. The Morgan fingerprint density at radius 1 is 1.05 bits per heavy atom. The summed E-state index contributed by atoms with van der Waals surface area (Å²) >= 11 is 0. The first-order chi connectivity index (χ1) is 20.9. The van der Waals surface area contributed by atoms with Crippen LogP contribution < -0.4 is 4.74 Å². The maximum absolute atomic E-state index is 14.4. The quantitative estimate of drug-likeness (QED) is 0.180. The molecule has 10 heteroatoms. The van der Waals surface area contributed by atoms with Crippen LogP contribution in [0.2, 0.25) is 0 Å². The maximum Gasteiger partial charge on any atom is 0.337 e. The number of methoxy groups -OCH3 is 1. The molecule has 0 N–H and O–H groups in total. The van der Waals surface area contributed by atoms with Gasteiger partial charge in [-0.1, -0.05) is 18.2 Å². The molecular weight excluding hydrogens is 551 g/mol. The topological polar surface area (TPSA) is 95.8 Å². The SMILES string of the molecule is COC(=O)c1ccc2nc(CN3CCC(c4cccc(OCc5ccc(C(C)=O)cc5F)n4)CC3)n(C[C@@H]3C=CO3)c2c1. The lowest BCUT2D eigenvalue weighted by atomic mass is 9.93. The van der Waals surface area contributed by atoms with Crippen molar-refractivity contribution >= 4 is 22.8 Å². The van der Waals surface area contributed by atoms with E-state index in [1.807, 2.05) is 30.3 Å². The van der Waals surface area contributed by atoms with Gasteiger partial charge < -0.3 is 18.8 Å². The zero-order valence-electron chi connectivity index (χ0n) is 24.2. The summed E-state index contributed by atoms with van der Waals surface area (Å²) in [4.78, 5) is 35.7. The number of pyridine rings is 1. The minimum Gasteiger partial charge on any atom is -0.492 e. The number of benzene rings is 2. The van der Waals surface area contributed by atoms with E-state index in [0.29, 0.717) is 35.7 Å². The first kappa shape index (κ1) is 28.5. The molecule has 9 nitrogen and oxygen atoms in total. The van der Waals surface area contributed by atoms with Crippen molar-refractivity contribution in [1.82, 2.24) is 19.4 Å². The summed E-state index contributed by atoms with van der Waals surface area (Å²) in [6.45, 7) is 4.49. The van der Waals surface area contributed by atoms with Gasteiger partial charge in [0.1, 0.15) is 24.4 Å². The summed E-state index contributed by atoms with van der Waals surface area (Å²) in [7, 11) is 1.38. The van der Waals surface area contributed by atoms with Crippen LogP contribution in [0.25, 0.3) is 11.0 Å². The number of carbonyl (C=O) groups is 2. The number of fused-ring (bicyclic) bond motifs is 1. The highest BCUT2D eigenvalue weighted by Gasteiger charge is 2.25. The number of piperidine rings is 1. The standard InChI is InChI=1S/C33H33FN4O5/c1-21(39)23-6-7-25(27(34)16-23)20-43-32-5-3-4-28(36-32)22-10-13-37(14-11-22)19-31-35-29-9-8-24(33(40)41-2)17-30(29)38(31)18-26-12-15-42-26/h3-9,12,15-17,22,26H,10-11,13-14,18-20H2,1-2H3/t26-/m0/s1. The molecule has 4 heterocycles. The molecule has 4 aromatic rings. The molecule has 2 aliphatic heterocycles. The second kappa shape index (κ2) is 12.3. The second-order valence-electron chi connectivity index (χ2n) is 10.9. The predicted octanol–water partition coefficient (Wildman–Crippen LogP) is 5.43. The van der Waals surface area contributed by atoms with Gasteiger partial charge in [0, 0.05) is 28.8 Å². The average Bonchev–Trinajstić information content (AvgIpc) is 3.34. The lowest BCUT2D eigenvalue weighted by molar-refractivity contribution is 0.0600. The van der Waals surface area contributed by atoms with Crippen LogP contribution >= 0.6 is 0 Å². The third-order valence-electron chi connectivity index (χ3n) is 8.11. The number of nitrogens with zero attached hydrogens (tertiary/aromatic N) is 4. The molecule has 0 amide bonds. The zero-order valence-corrected chi connectivity index (χ0v) is 24.2. The molecule has 0 saturated carbocycles. The van der Waals surface area contributed by atoms with Crippen molar-refractivity contribution in [2.24, 2.45) is 0 Å². The van der Waals surface area contributed by atoms with Crippen LogP contribution in [0.3, 0.4) is 0 Å². The highest BCUT2D eigenvalue weighted by Crippen LogP contribution is 2.30. The van der Waals surface area contributed by atoms with Gasteiger partial charge >= 0.3 is 5.97 Å². The summed E-state index contributed by atoms with van der Waals surface area (Å²) in [5.74, 6) is 0.627. The Kier molecular flexibility index (Phi) is 8.20. The first-order valence-corrected chi connectivity index (χ1v) is 14.4. The van der Waals surface area contributed by atoms with E-state index in [0.717, 1.165) is 48.5 Å². The number of ketones is 1. The largest absolute Gasteiger partial charge is 0.492 e. The van der Waals surface area contributed by atoms with Crippen molar-refractivity contribution in [2.75, 3.05) is 20.2 Å². The molecule has 222 valence electrons. The Labute approximate surface area is 248 Å². The number of esters is 1. The van der Waals surface area contributed by atoms with Crippen molar-refractivity contribution in [3.05, 3.63) is 101 Å². The van der Waals surface area contributed by atoms with Crippen molar-refractivity contribution < 1.29 is 28.2 Å². The van der Waals surface area contributed by atoms with Gasteiger partial charge in [0.15, 0.2) is 5.78 Å². The summed E-state index contributed by atoms with van der Waals surface area (Å²) in [6.07, 6.45) is 5.53. The van der Waals surface area contributed by atoms with Gasteiger partial charge in [-0.25, -0.2) is 19.2 Å². The summed E-state index contributed by atoms with van der Waals surface area (Å²) in [6, 6.07) is 15.6. The molecule has 1 saturated heterocycles. The molecule has 1 atom stereocenters. The highest BCUT2D eigenvalue weighted by molar-refractivity contribution is 5.94. The summed E-state index contributed by atoms with van der Waals surface area (Å²) < 4.78 is 32.8. The smallest absolute Gasteiger partial charge is 0.337 e. The van der Waals surface area contributed by atoms with Crippen LogP contribution in [-0.2, 0) is 29.2 Å². The fourth-order valence-electron chi connectivity index (χ4n) is 5.58. The van der Waals surface area contributed by atoms with Crippen LogP contribution in [0.15, 0.2) is 66.9 Å². The van der Waals surface area contributed by atoms with E-state index < -0.39 is 5.82 Å². The number of aromatic nitrogens is 3. The van der Waals surface area contributed by atoms with E-state index in [2.05, 4.69) is 9.47 Å². The Hall–Kier alpha value is -4.57. The van der Waals surface area contributed by atoms with Gasteiger partial charge in [0.05, 0.1) is 43.1 Å². The zero-order chi connectivity index (χ0) is 29.9. The van der Waals surface area contributed by atoms with Crippen LogP contribution in [0.5, 0.6) is 5.88 Å². The summed E-state index contributed by atoms with van der Waals surface area (Å²) in [5, 5.41) is 0. The van der Waals surface area contributed by atoms with E-state index in [-0.39, 0.29) is 30.4 Å². The monoisotopic (exact) mass is 584 g/mol. The Balaban J connectivity index is 1.10. The van der Waals surface area contributed by atoms with Crippen LogP contribution in [0.1, 0.15) is 63.5 Å². The van der Waals surface area contributed by atoms with Crippen LogP contribution in [-0.4, -0.2) is 57.5 Å². The molecule has 0 aliphatic carbocycles. The average molecular weight is 585 g/mol. The lowest BCUT2D eigenvalue weighted by Crippen LogP contribution is -2.34. The van der Waals surface area contributed by atoms with Gasteiger partial charge in [-0.2, -0.15) is 0 Å². The minimum atomic E-state index is -0.467. The Bertz CT molecular complexity index is 1690. The normalized spacial score (nSPS) is 17.0. The van der Waals surface area contributed by atoms with E-state index in [9.17, 15) is 14.0 Å². The number of hydrogen-bond acceptors (Lipinski definition) is 8. The highest BCUT2D eigenvalue weighted by atomic mass is 19.1. The van der Waals surface area contributed by atoms with Crippen LogP contribution in [0, 0.1) is 5.82 Å². The number of rotatable bonds is 10. The van der Waals surface area contributed by atoms with Crippen molar-refractivity contribution in [3.63, 3.8) is 0 Å². The molecule has 2 aromatic heterocycles. The number of likely N-dealkylation sites (tertiary alicyclic amines) is 1. The van der Waals surface area contributed by atoms with E-state index >= 15 is 0 Å². The fraction of sp³-hybridized carbons (Fsp3) is 0.333. The van der Waals surface area contributed by atoms with Gasteiger partial charge in [0.25, 0.3) is 0 Å². The second-order valence-corrected chi connectivity index (χ2v) is 10.9. The van der Waals surface area contributed by atoms with Gasteiger partial charge in [-0.3, -0.25) is 9.69 Å². The molecule has 6 rings (SSSR count). The lowest BCUT2D eigenvalue weighted by Gasteiger charge is -2.32. The molecular formula is C33H33FN4O5. The molecule has 0 spiro atoms. The molecule has 1 fully saturated rings. The number of halogens is 1. The van der Waals surface area contributed by atoms with Crippen LogP contribution in [0.4, 0.5) is 4.39 Å². The molecule has 0 radical (unpaired) electrons. The maximum atomic E-state index is 14.4. The number of carbonyl (C=O) groups excluding carboxylic acids is 2. The third-order valence-corrected chi connectivity index (χ3v) is 8.11.